The minimum Gasteiger partial charge on any atom is -0.457 e. The average Bonchev–Trinajstić information content (AvgIpc) is 3.67. The van der Waals surface area contributed by atoms with E-state index in [-0.39, 0.29) is 35.5 Å². The molecular weight excluding hydrogens is 682 g/mol. The van der Waals surface area contributed by atoms with Crippen LogP contribution in [0.1, 0.15) is 36.8 Å². The van der Waals surface area contributed by atoms with Crippen LogP contribution in [-0.2, 0) is 32.6 Å². The largest absolute Gasteiger partial charge is 0.457 e. The minimum atomic E-state index is -4.23. The lowest BCUT2D eigenvalue weighted by molar-refractivity contribution is -0.140. The van der Waals surface area contributed by atoms with Crippen LogP contribution in [0.4, 0.5) is 5.69 Å². The molecule has 0 aliphatic heterocycles. The maximum Gasteiger partial charge on any atom is 0.264 e. The van der Waals surface area contributed by atoms with E-state index in [1.807, 2.05) is 60.7 Å². The number of sulfonamides is 1. The summed E-state index contributed by atoms with van der Waals surface area (Å²) in [5.74, 6) is 0.334. The van der Waals surface area contributed by atoms with Crippen molar-refractivity contribution in [2.24, 2.45) is 0 Å². The second-order valence-electron chi connectivity index (χ2n) is 12.6. The fourth-order valence-electron chi connectivity index (χ4n) is 6.26. The van der Waals surface area contributed by atoms with Crippen molar-refractivity contribution in [2.45, 2.75) is 55.6 Å². The molecule has 1 aliphatic rings. The third-order valence-corrected chi connectivity index (χ3v) is 11.0. The second kappa shape index (κ2) is 16.7. The van der Waals surface area contributed by atoms with Crippen LogP contribution >= 0.6 is 11.6 Å². The maximum atomic E-state index is 14.7. The van der Waals surface area contributed by atoms with Crippen molar-refractivity contribution in [1.82, 2.24) is 10.2 Å². The summed E-state index contributed by atoms with van der Waals surface area (Å²) < 4.78 is 35.7. The number of anilines is 1. The van der Waals surface area contributed by atoms with Gasteiger partial charge in [0, 0.05) is 24.0 Å². The summed E-state index contributed by atoms with van der Waals surface area (Å²) in [6.07, 6.45) is 4.06. The molecule has 0 aromatic heterocycles. The topological polar surface area (TPSA) is 96.0 Å². The van der Waals surface area contributed by atoms with E-state index in [0.29, 0.717) is 16.5 Å². The summed E-state index contributed by atoms with van der Waals surface area (Å²) in [4.78, 5) is 30.5. The molecule has 0 radical (unpaired) electrons. The summed E-state index contributed by atoms with van der Waals surface area (Å²) in [5.41, 5.74) is 1.90. The molecule has 1 atom stereocenters. The van der Waals surface area contributed by atoms with E-state index in [9.17, 15) is 18.0 Å². The summed E-state index contributed by atoms with van der Waals surface area (Å²) in [6, 6.07) is 39.5. The van der Waals surface area contributed by atoms with Crippen molar-refractivity contribution in [3.8, 4) is 11.5 Å². The molecule has 1 fully saturated rings. The maximum absolute atomic E-state index is 14.7. The third kappa shape index (κ3) is 9.36. The zero-order valence-corrected chi connectivity index (χ0v) is 29.7. The third-order valence-electron chi connectivity index (χ3n) is 8.95. The monoisotopic (exact) mass is 721 g/mol. The Bertz CT molecular complexity index is 1990. The van der Waals surface area contributed by atoms with Crippen molar-refractivity contribution in [3.05, 3.63) is 156 Å². The van der Waals surface area contributed by atoms with Crippen LogP contribution in [0.15, 0.2) is 144 Å². The second-order valence-corrected chi connectivity index (χ2v) is 14.9. The van der Waals surface area contributed by atoms with Gasteiger partial charge in [0.2, 0.25) is 11.8 Å². The molecule has 1 saturated carbocycles. The molecule has 8 nitrogen and oxygen atoms in total. The van der Waals surface area contributed by atoms with Gasteiger partial charge in [-0.2, -0.15) is 0 Å². The minimum absolute atomic E-state index is 0.0230. The van der Waals surface area contributed by atoms with Crippen LogP contribution in [0.3, 0.4) is 0 Å². The van der Waals surface area contributed by atoms with Gasteiger partial charge in [0.15, 0.2) is 0 Å². The van der Waals surface area contributed by atoms with Gasteiger partial charge < -0.3 is 15.0 Å². The number of amides is 2. The standard InChI is InChI=1S/C41H40ClN3O5S/c42-33-22-20-32(21-23-33)29-44(39(28-31-12-4-1-5-13-31)41(47)43-34-14-10-11-15-34)40(46)30-45(51(48,49)38-18-8-3-9-19-38)35-24-26-37(27-25-35)50-36-16-6-2-7-17-36/h1-9,12-13,16-27,34,39H,10-11,14-15,28-30H2,(H,43,47)/t39-/m0/s1. The zero-order chi connectivity index (χ0) is 35.6. The van der Waals surface area contributed by atoms with Crippen molar-refractivity contribution >= 4 is 39.1 Å². The van der Waals surface area contributed by atoms with Gasteiger partial charge in [-0.15, -0.1) is 0 Å². The molecule has 5 aromatic rings. The molecule has 10 heteroatoms. The number of hydrogen-bond acceptors (Lipinski definition) is 5. The van der Waals surface area contributed by atoms with Gasteiger partial charge in [0.1, 0.15) is 24.1 Å². The lowest BCUT2D eigenvalue weighted by Crippen LogP contribution is -2.54. The lowest BCUT2D eigenvalue weighted by atomic mass is 10.0. The molecule has 6 rings (SSSR count). The highest BCUT2D eigenvalue weighted by atomic mass is 35.5. The smallest absolute Gasteiger partial charge is 0.264 e. The number of nitrogens with zero attached hydrogens (tertiary/aromatic N) is 2. The lowest BCUT2D eigenvalue weighted by Gasteiger charge is -2.34. The Morgan fingerprint density at radius 3 is 1.92 bits per heavy atom. The van der Waals surface area contributed by atoms with Crippen LogP contribution < -0.4 is 14.4 Å². The molecule has 51 heavy (non-hydrogen) atoms. The van der Waals surface area contributed by atoms with E-state index >= 15 is 0 Å². The SMILES string of the molecule is O=C(NC1CCCC1)[C@H](Cc1ccccc1)N(Cc1ccc(Cl)cc1)C(=O)CN(c1ccc(Oc2ccccc2)cc1)S(=O)(=O)c1ccccc1. The van der Waals surface area contributed by atoms with E-state index in [2.05, 4.69) is 5.32 Å². The molecule has 1 N–H and O–H groups in total. The highest BCUT2D eigenvalue weighted by Gasteiger charge is 2.35. The quantitative estimate of drug-likeness (QED) is 0.125. The van der Waals surface area contributed by atoms with Crippen molar-refractivity contribution in [2.75, 3.05) is 10.8 Å². The molecule has 0 bridgehead atoms. The van der Waals surface area contributed by atoms with Gasteiger partial charge in [0.25, 0.3) is 10.0 Å². The number of carbonyl (C=O) groups is 2. The first-order chi connectivity index (χ1) is 24.8. The Hall–Kier alpha value is -5.12. The van der Waals surface area contributed by atoms with E-state index < -0.39 is 28.5 Å². The van der Waals surface area contributed by atoms with Gasteiger partial charge in [-0.3, -0.25) is 13.9 Å². The predicted molar refractivity (Wildman–Crippen MR) is 200 cm³/mol. The van der Waals surface area contributed by atoms with Gasteiger partial charge in [0.05, 0.1) is 10.6 Å². The Kier molecular flexibility index (Phi) is 11.7. The highest BCUT2D eigenvalue weighted by molar-refractivity contribution is 7.92. The number of rotatable bonds is 14. The number of carbonyl (C=O) groups excluding carboxylic acids is 2. The number of nitrogens with one attached hydrogen (secondary N) is 1. The van der Waals surface area contributed by atoms with Gasteiger partial charge in [-0.1, -0.05) is 103 Å². The Morgan fingerprint density at radius 2 is 1.29 bits per heavy atom. The molecule has 5 aromatic carbocycles. The molecule has 0 unspecified atom stereocenters. The first-order valence-electron chi connectivity index (χ1n) is 17.1. The summed E-state index contributed by atoms with van der Waals surface area (Å²) in [5, 5.41) is 3.74. The van der Waals surface area contributed by atoms with Crippen LogP contribution in [0.5, 0.6) is 11.5 Å². The highest BCUT2D eigenvalue weighted by Crippen LogP contribution is 2.29. The summed E-state index contributed by atoms with van der Waals surface area (Å²) >= 11 is 6.20. The van der Waals surface area contributed by atoms with Gasteiger partial charge >= 0.3 is 0 Å². The zero-order valence-electron chi connectivity index (χ0n) is 28.1. The van der Waals surface area contributed by atoms with Gasteiger partial charge in [-0.25, -0.2) is 8.42 Å². The number of hydrogen-bond donors (Lipinski definition) is 1. The fraction of sp³-hybridized carbons (Fsp3) is 0.220. The Morgan fingerprint density at radius 1 is 0.725 bits per heavy atom. The molecule has 0 heterocycles. The number of benzene rings is 5. The molecule has 2 amide bonds. The normalized spacial score (nSPS) is 13.7. The number of halogens is 1. The fourth-order valence-corrected chi connectivity index (χ4v) is 7.82. The van der Waals surface area contributed by atoms with E-state index in [1.165, 1.54) is 17.0 Å². The number of ether oxygens (including phenoxy) is 1. The first kappa shape index (κ1) is 35.7. The average molecular weight is 722 g/mol. The van der Waals surface area contributed by atoms with Crippen LogP contribution in [0.2, 0.25) is 5.02 Å². The predicted octanol–water partition coefficient (Wildman–Crippen LogP) is 8.03. The van der Waals surface area contributed by atoms with Gasteiger partial charge in [-0.05, 0) is 84.6 Å². The van der Waals surface area contributed by atoms with Crippen LogP contribution in [0, 0.1) is 0 Å². The molecule has 1 aliphatic carbocycles. The van der Waals surface area contributed by atoms with E-state index in [0.717, 1.165) is 41.1 Å². The summed E-state index contributed by atoms with van der Waals surface area (Å²) in [6.45, 7) is -0.486. The van der Waals surface area contributed by atoms with Crippen molar-refractivity contribution in [3.63, 3.8) is 0 Å². The molecular formula is C41H40ClN3O5S. The van der Waals surface area contributed by atoms with Crippen LogP contribution in [0.25, 0.3) is 0 Å². The first-order valence-corrected chi connectivity index (χ1v) is 18.9. The van der Waals surface area contributed by atoms with Crippen molar-refractivity contribution in [1.29, 1.82) is 0 Å². The molecule has 0 saturated heterocycles. The molecule has 0 spiro atoms. The van der Waals surface area contributed by atoms with Crippen LogP contribution in [-0.4, -0.2) is 43.8 Å². The Labute approximate surface area is 304 Å². The van der Waals surface area contributed by atoms with E-state index in [1.54, 1.807) is 66.7 Å². The van der Waals surface area contributed by atoms with E-state index in [4.69, 9.17) is 16.3 Å². The Balaban J connectivity index is 1.37. The van der Waals surface area contributed by atoms with Crippen molar-refractivity contribution < 1.29 is 22.7 Å². The number of para-hydroxylation sites is 1. The summed E-state index contributed by atoms with van der Waals surface area (Å²) in [7, 11) is -4.23. The molecule has 262 valence electrons.